The molecule has 0 radical (unpaired) electrons. The molecular weight excluding hydrogens is 345 g/mol. The number of hydrogen-bond acceptors (Lipinski definition) is 5. The van der Waals surface area contributed by atoms with Crippen molar-refractivity contribution in [3.8, 4) is 0 Å². The molecule has 6 nitrogen and oxygen atoms in total. The zero-order valence-corrected chi connectivity index (χ0v) is 17.4. The third-order valence-corrected chi connectivity index (χ3v) is 5.26. The lowest BCUT2D eigenvalue weighted by Crippen LogP contribution is -2.41. The Kier molecular flexibility index (Phi) is 5.08. The molecule has 0 aromatic heterocycles. The van der Waals surface area contributed by atoms with Crippen molar-refractivity contribution in [2.24, 2.45) is 0 Å². The largest absolute Gasteiger partial charge is 0.494 e. The fourth-order valence-electron chi connectivity index (χ4n) is 3.05. The van der Waals surface area contributed by atoms with E-state index in [-0.39, 0.29) is 6.09 Å². The van der Waals surface area contributed by atoms with Gasteiger partial charge in [-0.3, -0.25) is 4.90 Å². The molecule has 2 aliphatic rings. The first-order chi connectivity index (χ1) is 12.4. The Balaban J connectivity index is 1.93. The summed E-state index contributed by atoms with van der Waals surface area (Å²) < 4.78 is 23.6. The molecule has 0 saturated carbocycles. The van der Waals surface area contributed by atoms with Gasteiger partial charge in [0.2, 0.25) is 0 Å². The summed E-state index contributed by atoms with van der Waals surface area (Å²) >= 11 is 0. The molecule has 3 rings (SSSR count). The van der Waals surface area contributed by atoms with Gasteiger partial charge in [-0.2, -0.15) is 0 Å². The highest BCUT2D eigenvalue weighted by Gasteiger charge is 2.51. The quantitative estimate of drug-likeness (QED) is 0.706. The van der Waals surface area contributed by atoms with Crippen molar-refractivity contribution in [3.05, 3.63) is 23.8 Å². The molecule has 0 unspecified atom stereocenters. The van der Waals surface area contributed by atoms with E-state index in [0.29, 0.717) is 19.8 Å². The Bertz CT molecular complexity index is 710. The van der Waals surface area contributed by atoms with E-state index in [2.05, 4.69) is 0 Å². The summed E-state index contributed by atoms with van der Waals surface area (Å²) in [5, 5.41) is 0. The molecular formula is C20H30BNO5. The minimum atomic E-state index is -0.562. The molecule has 2 heterocycles. The SMILES string of the molecule is CC(C)(C)OC(=O)N1CCOCc2ccc(B3OC(C)(C)C(C)(C)O3)cc21. The highest BCUT2D eigenvalue weighted by Crippen LogP contribution is 2.37. The molecule has 148 valence electrons. The van der Waals surface area contributed by atoms with Gasteiger partial charge in [0.1, 0.15) is 5.60 Å². The van der Waals surface area contributed by atoms with Crippen LogP contribution in [0.3, 0.4) is 0 Å². The molecule has 1 aromatic carbocycles. The number of anilines is 1. The van der Waals surface area contributed by atoms with Crippen LogP contribution in [0.5, 0.6) is 0 Å². The molecule has 0 N–H and O–H groups in total. The van der Waals surface area contributed by atoms with Crippen LogP contribution in [0.2, 0.25) is 0 Å². The van der Waals surface area contributed by atoms with Gasteiger partial charge in [-0.25, -0.2) is 4.79 Å². The standard InChI is InChI=1S/C20H30BNO5/c1-18(2,3)25-17(23)22-10-11-24-13-14-8-9-15(12-16(14)22)21-26-19(4,5)20(6,7)27-21/h8-9,12H,10-11,13H2,1-7H3. The van der Waals surface area contributed by atoms with E-state index in [1.807, 2.05) is 66.7 Å². The van der Waals surface area contributed by atoms with Gasteiger partial charge in [0.25, 0.3) is 0 Å². The maximum Gasteiger partial charge on any atom is 0.494 e. The summed E-state index contributed by atoms with van der Waals surface area (Å²) in [4.78, 5) is 14.4. The second-order valence-corrected chi connectivity index (χ2v) is 9.16. The minimum Gasteiger partial charge on any atom is -0.443 e. The molecule has 1 fully saturated rings. The Morgan fingerprint density at radius 2 is 1.78 bits per heavy atom. The van der Waals surface area contributed by atoms with Crippen LogP contribution in [0.4, 0.5) is 10.5 Å². The lowest BCUT2D eigenvalue weighted by Gasteiger charge is -2.32. The van der Waals surface area contributed by atoms with Crippen LogP contribution in [0.15, 0.2) is 18.2 Å². The van der Waals surface area contributed by atoms with Gasteiger partial charge in [-0.1, -0.05) is 12.1 Å². The number of ether oxygens (including phenoxy) is 2. The topological polar surface area (TPSA) is 57.2 Å². The number of carbonyl (C=O) groups excluding carboxylic acids is 1. The van der Waals surface area contributed by atoms with Crippen molar-refractivity contribution in [3.63, 3.8) is 0 Å². The van der Waals surface area contributed by atoms with E-state index < -0.39 is 23.9 Å². The van der Waals surface area contributed by atoms with Crippen molar-refractivity contribution < 1.29 is 23.6 Å². The average Bonchev–Trinajstić information content (AvgIpc) is 2.68. The highest BCUT2D eigenvalue weighted by atomic mass is 16.7. The van der Waals surface area contributed by atoms with E-state index in [0.717, 1.165) is 16.7 Å². The summed E-state index contributed by atoms with van der Waals surface area (Å²) in [7, 11) is -0.482. The predicted molar refractivity (Wildman–Crippen MR) is 105 cm³/mol. The van der Waals surface area contributed by atoms with E-state index in [1.54, 1.807) is 4.90 Å². The van der Waals surface area contributed by atoms with Gasteiger partial charge in [0.15, 0.2) is 0 Å². The molecule has 1 saturated heterocycles. The van der Waals surface area contributed by atoms with Crippen molar-refractivity contribution >= 4 is 24.4 Å². The monoisotopic (exact) mass is 375 g/mol. The first-order valence-corrected chi connectivity index (χ1v) is 9.46. The molecule has 0 spiro atoms. The van der Waals surface area contributed by atoms with E-state index >= 15 is 0 Å². The zero-order valence-electron chi connectivity index (χ0n) is 17.4. The Morgan fingerprint density at radius 3 is 2.37 bits per heavy atom. The van der Waals surface area contributed by atoms with Gasteiger partial charge in [0.05, 0.1) is 36.6 Å². The fraction of sp³-hybridized carbons (Fsp3) is 0.650. The number of fused-ring (bicyclic) bond motifs is 1. The van der Waals surface area contributed by atoms with E-state index in [4.69, 9.17) is 18.8 Å². The smallest absolute Gasteiger partial charge is 0.443 e. The van der Waals surface area contributed by atoms with Crippen molar-refractivity contribution in [2.75, 3.05) is 18.1 Å². The van der Waals surface area contributed by atoms with Crippen LogP contribution in [0, 0.1) is 0 Å². The van der Waals surface area contributed by atoms with Crippen LogP contribution >= 0.6 is 0 Å². The van der Waals surface area contributed by atoms with Gasteiger partial charge in [0, 0.05) is 5.56 Å². The predicted octanol–water partition coefficient (Wildman–Crippen LogP) is 3.26. The van der Waals surface area contributed by atoms with Gasteiger partial charge >= 0.3 is 13.2 Å². The number of benzene rings is 1. The number of hydrogen-bond donors (Lipinski definition) is 0. The molecule has 2 aliphatic heterocycles. The number of rotatable bonds is 1. The van der Waals surface area contributed by atoms with E-state index in [9.17, 15) is 4.79 Å². The third-order valence-electron chi connectivity index (χ3n) is 5.26. The summed E-state index contributed by atoms with van der Waals surface area (Å²) in [6.07, 6.45) is -0.375. The third kappa shape index (κ3) is 4.15. The Labute approximate surface area is 162 Å². The normalized spacial score (nSPS) is 21.6. The van der Waals surface area contributed by atoms with Crippen LogP contribution < -0.4 is 10.4 Å². The van der Waals surface area contributed by atoms with Crippen LogP contribution in [-0.4, -0.2) is 43.2 Å². The molecule has 1 aromatic rings. The van der Waals surface area contributed by atoms with Crippen LogP contribution in [-0.2, 0) is 25.4 Å². The first kappa shape index (κ1) is 20.2. The molecule has 7 heteroatoms. The maximum absolute atomic E-state index is 12.8. The molecule has 0 aliphatic carbocycles. The lowest BCUT2D eigenvalue weighted by atomic mass is 9.78. The van der Waals surface area contributed by atoms with Crippen molar-refractivity contribution in [2.45, 2.75) is 71.9 Å². The summed E-state index contributed by atoms with van der Waals surface area (Å²) in [5.74, 6) is 0. The number of nitrogens with zero attached hydrogens (tertiary/aromatic N) is 1. The maximum atomic E-state index is 12.8. The fourth-order valence-corrected chi connectivity index (χ4v) is 3.05. The van der Waals surface area contributed by atoms with Crippen molar-refractivity contribution in [1.82, 2.24) is 0 Å². The summed E-state index contributed by atoms with van der Waals surface area (Å²) in [5.41, 5.74) is 1.21. The molecule has 0 atom stereocenters. The van der Waals surface area contributed by atoms with E-state index in [1.165, 1.54) is 0 Å². The average molecular weight is 375 g/mol. The van der Waals surface area contributed by atoms with Gasteiger partial charge in [-0.15, -0.1) is 0 Å². The molecule has 1 amide bonds. The second kappa shape index (κ2) is 6.80. The van der Waals surface area contributed by atoms with Crippen molar-refractivity contribution in [1.29, 1.82) is 0 Å². The zero-order chi connectivity index (χ0) is 20.0. The Morgan fingerprint density at radius 1 is 1.15 bits per heavy atom. The van der Waals surface area contributed by atoms with Crippen LogP contribution in [0.25, 0.3) is 0 Å². The summed E-state index contributed by atoms with van der Waals surface area (Å²) in [6, 6.07) is 5.90. The number of carbonyl (C=O) groups is 1. The highest BCUT2D eigenvalue weighted by molar-refractivity contribution is 6.62. The first-order valence-electron chi connectivity index (χ1n) is 9.46. The van der Waals surface area contributed by atoms with Gasteiger partial charge in [-0.05, 0) is 60.0 Å². The van der Waals surface area contributed by atoms with Gasteiger partial charge < -0.3 is 18.8 Å². The molecule has 27 heavy (non-hydrogen) atoms. The second-order valence-electron chi connectivity index (χ2n) is 9.16. The Hall–Kier alpha value is -1.57. The lowest BCUT2D eigenvalue weighted by molar-refractivity contribution is 0.00578. The molecule has 0 bridgehead atoms. The van der Waals surface area contributed by atoms with Crippen LogP contribution in [0.1, 0.15) is 54.0 Å². The number of amides is 1. The summed E-state index contributed by atoms with van der Waals surface area (Å²) in [6.45, 7) is 15.0. The minimum absolute atomic E-state index is 0.375.